The van der Waals surface area contributed by atoms with Crippen LogP contribution in [0.5, 0.6) is 34.5 Å². The van der Waals surface area contributed by atoms with Crippen LogP contribution in [0, 0.1) is 0 Å². The van der Waals surface area contributed by atoms with E-state index < -0.39 is 79.2 Å². The molecule has 0 radical (unpaired) electrons. The van der Waals surface area contributed by atoms with Crippen molar-refractivity contribution in [3.63, 3.8) is 0 Å². The fourth-order valence-electron chi connectivity index (χ4n) is 4.60. The molecule has 0 aliphatic carbocycles. The lowest BCUT2D eigenvalue weighted by molar-refractivity contribution is -0.304. The van der Waals surface area contributed by atoms with Crippen molar-refractivity contribution in [2.75, 3.05) is 27.4 Å². The Kier molecular flexibility index (Phi) is 7.73. The first-order chi connectivity index (χ1) is 18.0. The van der Waals surface area contributed by atoms with Crippen LogP contribution in [-0.2, 0) is 14.2 Å². The molecular weight excluding hydrogens is 512 g/mol. The third-order valence-electron chi connectivity index (χ3n) is 6.59. The molecule has 14 heteroatoms. The third-order valence-corrected chi connectivity index (χ3v) is 6.59. The van der Waals surface area contributed by atoms with Gasteiger partial charge in [-0.15, -0.1) is 0 Å². The van der Waals surface area contributed by atoms with Crippen LogP contribution in [0.25, 0.3) is 0 Å². The van der Waals surface area contributed by atoms with Gasteiger partial charge in [-0.25, -0.2) is 4.79 Å². The van der Waals surface area contributed by atoms with Gasteiger partial charge < -0.3 is 64.5 Å². The minimum absolute atomic E-state index is 0.0334. The lowest BCUT2D eigenvalue weighted by atomic mass is 9.81. The first-order valence-electron chi connectivity index (χ1n) is 11.4. The molecule has 7 atom stereocenters. The normalized spacial score (nSPS) is 28.9. The fraction of sp³-hybridized carbons (Fsp3) is 0.458. The minimum Gasteiger partial charge on any atom is -0.504 e. The number of cyclic esters (lactones) is 1. The van der Waals surface area contributed by atoms with Crippen LogP contribution < -0.4 is 9.47 Å². The van der Waals surface area contributed by atoms with Gasteiger partial charge in [-0.2, -0.15) is 0 Å². The Labute approximate surface area is 215 Å². The van der Waals surface area contributed by atoms with E-state index >= 15 is 0 Å². The maximum Gasteiger partial charge on any atom is 0.339 e. The highest BCUT2D eigenvalue weighted by molar-refractivity contribution is 5.95. The van der Waals surface area contributed by atoms with E-state index in [0.29, 0.717) is 0 Å². The molecule has 4 rings (SSSR count). The summed E-state index contributed by atoms with van der Waals surface area (Å²) < 4.78 is 26.9. The monoisotopic (exact) mass is 540 g/mol. The Morgan fingerprint density at radius 3 is 2.05 bits per heavy atom. The second-order valence-corrected chi connectivity index (χ2v) is 8.78. The van der Waals surface area contributed by atoms with E-state index in [9.17, 15) is 45.6 Å². The van der Waals surface area contributed by atoms with E-state index in [1.807, 2.05) is 0 Å². The van der Waals surface area contributed by atoms with E-state index in [4.69, 9.17) is 23.7 Å². The summed E-state index contributed by atoms with van der Waals surface area (Å²) in [5.41, 5.74) is -0.153. The summed E-state index contributed by atoms with van der Waals surface area (Å²) in [4.78, 5) is 12.8. The van der Waals surface area contributed by atoms with Crippen LogP contribution in [0.15, 0.2) is 18.2 Å². The summed E-state index contributed by atoms with van der Waals surface area (Å²) in [7, 11) is 2.57. The molecule has 0 amide bonds. The number of carbonyl (C=O) groups is 1. The SMILES string of the molecule is COc1cc([C@H]2c3c(cc(O)c(O)c3O)C(=O)O[C@@H]2CO[C@@H]2O[C@H](CO)[C@@H](O)[C@H](O)[C@H]2O)cc(OC)c1O. The standard InChI is InChI=1S/C24H28O14/c1-34-11-3-8(4-12(35-2)18(11)28)15-14(7-36-24-22(32)21(31)19(29)13(6-25)38-24)37-23(33)9-5-10(26)17(27)20(30)16(9)15/h3-5,13-15,19,21-22,24-32H,6-7H2,1-2H3/t13-,14-,15-,19-,21+,22-,24-/m1/s1. The Balaban J connectivity index is 1.78. The van der Waals surface area contributed by atoms with Gasteiger partial charge in [-0.3, -0.25) is 0 Å². The van der Waals surface area contributed by atoms with Gasteiger partial charge in [0.2, 0.25) is 11.5 Å². The van der Waals surface area contributed by atoms with E-state index in [0.717, 1.165) is 6.07 Å². The van der Waals surface area contributed by atoms with Crippen molar-refractivity contribution in [1.29, 1.82) is 0 Å². The maximum absolute atomic E-state index is 12.8. The highest BCUT2D eigenvalue weighted by atomic mass is 16.7. The zero-order chi connectivity index (χ0) is 27.9. The molecule has 0 saturated carbocycles. The predicted molar refractivity (Wildman–Crippen MR) is 123 cm³/mol. The summed E-state index contributed by atoms with van der Waals surface area (Å²) in [6, 6.07) is 3.66. The molecule has 208 valence electrons. The van der Waals surface area contributed by atoms with Gasteiger partial charge in [0.1, 0.15) is 30.5 Å². The second-order valence-electron chi connectivity index (χ2n) is 8.78. The third kappa shape index (κ3) is 4.62. The number of phenols is 4. The Morgan fingerprint density at radius 1 is 0.842 bits per heavy atom. The summed E-state index contributed by atoms with van der Waals surface area (Å²) in [6.07, 6.45) is -9.16. The zero-order valence-electron chi connectivity index (χ0n) is 20.2. The van der Waals surface area contributed by atoms with E-state index in [1.54, 1.807) is 0 Å². The fourth-order valence-corrected chi connectivity index (χ4v) is 4.60. The van der Waals surface area contributed by atoms with Gasteiger partial charge in [-0.1, -0.05) is 0 Å². The molecule has 1 fully saturated rings. The Hall–Kier alpha value is -3.53. The smallest absolute Gasteiger partial charge is 0.339 e. The van der Waals surface area contributed by atoms with E-state index in [2.05, 4.69) is 0 Å². The number of aromatic hydroxyl groups is 4. The number of methoxy groups -OCH3 is 2. The largest absolute Gasteiger partial charge is 0.504 e. The van der Waals surface area contributed by atoms with Gasteiger partial charge >= 0.3 is 5.97 Å². The molecule has 2 aromatic rings. The van der Waals surface area contributed by atoms with Crippen LogP contribution in [0.4, 0.5) is 0 Å². The van der Waals surface area contributed by atoms with Crippen molar-refractivity contribution in [2.45, 2.75) is 42.7 Å². The van der Waals surface area contributed by atoms with Gasteiger partial charge in [0, 0.05) is 5.56 Å². The minimum atomic E-state index is -1.74. The molecule has 0 bridgehead atoms. The van der Waals surface area contributed by atoms with Crippen molar-refractivity contribution >= 4 is 5.97 Å². The number of carbonyl (C=O) groups excluding carboxylic acids is 1. The highest BCUT2D eigenvalue weighted by Gasteiger charge is 2.46. The number of phenolic OH excluding ortho intramolecular Hbond substituents is 4. The topological polar surface area (TPSA) is 225 Å². The van der Waals surface area contributed by atoms with Crippen LogP contribution >= 0.6 is 0 Å². The lowest BCUT2D eigenvalue weighted by Gasteiger charge is -2.41. The maximum atomic E-state index is 12.8. The number of esters is 1. The van der Waals surface area contributed by atoms with Crippen molar-refractivity contribution in [3.05, 3.63) is 34.9 Å². The average Bonchev–Trinajstić information content (AvgIpc) is 2.91. The summed E-state index contributed by atoms with van der Waals surface area (Å²) in [6.45, 7) is -1.21. The molecule has 8 N–H and O–H groups in total. The van der Waals surface area contributed by atoms with Crippen LogP contribution in [0.3, 0.4) is 0 Å². The van der Waals surface area contributed by atoms with Gasteiger partial charge in [-0.05, 0) is 23.8 Å². The number of aliphatic hydroxyl groups is 4. The molecule has 14 nitrogen and oxygen atoms in total. The molecule has 1 saturated heterocycles. The number of aliphatic hydroxyl groups excluding tert-OH is 4. The number of hydrogen-bond donors (Lipinski definition) is 8. The molecular formula is C24H28O14. The van der Waals surface area contributed by atoms with Crippen molar-refractivity contribution in [1.82, 2.24) is 0 Å². The number of rotatable bonds is 7. The van der Waals surface area contributed by atoms with Crippen molar-refractivity contribution < 1.29 is 69.3 Å². The molecule has 0 spiro atoms. The molecule has 2 aromatic carbocycles. The van der Waals surface area contributed by atoms with Crippen molar-refractivity contribution in [3.8, 4) is 34.5 Å². The van der Waals surface area contributed by atoms with E-state index in [1.165, 1.54) is 26.4 Å². The molecule has 0 aromatic heterocycles. The Morgan fingerprint density at radius 2 is 1.47 bits per heavy atom. The van der Waals surface area contributed by atoms with Crippen LogP contribution in [0.1, 0.15) is 27.4 Å². The first kappa shape index (κ1) is 27.5. The summed E-state index contributed by atoms with van der Waals surface area (Å²) in [5, 5.41) is 81.1. The number of ether oxygens (including phenoxy) is 5. The average molecular weight is 540 g/mol. The van der Waals surface area contributed by atoms with Gasteiger partial charge in [0.05, 0.1) is 38.9 Å². The summed E-state index contributed by atoms with van der Waals surface area (Å²) in [5.74, 6) is -4.99. The first-order valence-corrected chi connectivity index (χ1v) is 11.4. The number of benzene rings is 2. The van der Waals surface area contributed by atoms with Crippen LogP contribution in [0.2, 0.25) is 0 Å². The molecule has 2 aliphatic rings. The molecule has 38 heavy (non-hydrogen) atoms. The summed E-state index contributed by atoms with van der Waals surface area (Å²) >= 11 is 0. The van der Waals surface area contributed by atoms with Crippen LogP contribution in [-0.4, -0.2) is 111 Å². The number of hydrogen-bond acceptors (Lipinski definition) is 14. The molecule has 2 aliphatic heterocycles. The second kappa shape index (κ2) is 10.7. The quantitative estimate of drug-likeness (QED) is 0.156. The zero-order valence-corrected chi connectivity index (χ0v) is 20.2. The lowest BCUT2D eigenvalue weighted by Crippen LogP contribution is -2.59. The van der Waals surface area contributed by atoms with Gasteiger partial charge in [0.15, 0.2) is 29.3 Å². The van der Waals surface area contributed by atoms with Gasteiger partial charge in [0.25, 0.3) is 0 Å². The molecule has 0 unspecified atom stereocenters. The predicted octanol–water partition coefficient (Wildman–Crippen LogP) is -0.986. The Bertz CT molecular complexity index is 1170. The number of fused-ring (bicyclic) bond motifs is 1. The van der Waals surface area contributed by atoms with E-state index in [-0.39, 0.29) is 33.9 Å². The van der Waals surface area contributed by atoms with Crippen molar-refractivity contribution in [2.24, 2.45) is 0 Å². The highest BCUT2D eigenvalue weighted by Crippen LogP contribution is 2.50. The molecule has 2 heterocycles.